The normalized spacial score (nSPS) is 23.7. The Bertz CT molecular complexity index is 393. The first-order valence-electron chi connectivity index (χ1n) is 6.83. The summed E-state index contributed by atoms with van der Waals surface area (Å²) in [6.45, 7) is 10.5. The molecule has 1 aliphatic heterocycles. The molecule has 0 aromatic carbocycles. The average Bonchev–Trinajstić information content (AvgIpc) is 2.68. The lowest BCUT2D eigenvalue weighted by atomic mass is 10.2. The highest BCUT2D eigenvalue weighted by Gasteiger charge is 2.46. The molecule has 1 amide bonds. The van der Waals surface area contributed by atoms with E-state index in [1.165, 1.54) is 6.08 Å². The van der Waals surface area contributed by atoms with E-state index in [4.69, 9.17) is 18.9 Å². The van der Waals surface area contributed by atoms with Crippen molar-refractivity contribution in [2.24, 2.45) is 0 Å². The summed E-state index contributed by atoms with van der Waals surface area (Å²) in [4.78, 5) is 23.4. The number of carbonyl (C=O) groups is 2. The van der Waals surface area contributed by atoms with Crippen molar-refractivity contribution >= 4 is 12.1 Å². The summed E-state index contributed by atoms with van der Waals surface area (Å²) in [7, 11) is 0. The summed E-state index contributed by atoms with van der Waals surface area (Å²) in [5.74, 6) is -1.43. The molecule has 1 heterocycles. The second kappa shape index (κ2) is 7.42. The number of amides is 1. The number of esters is 1. The standard InChI is InChI=1S/C14H23NO6/c1-6-7-18-13(17)15-8-10-11(12(16)19-9(2)3)21-14(4,5)20-10/h6,9-11H,1,7-8H2,2-5H3,(H,15,17)/t10-,11+/m0/s1. The maximum absolute atomic E-state index is 12.0. The topological polar surface area (TPSA) is 83.1 Å². The minimum Gasteiger partial charge on any atom is -0.461 e. The molecular weight excluding hydrogens is 278 g/mol. The van der Waals surface area contributed by atoms with Crippen LogP contribution in [0.2, 0.25) is 0 Å². The van der Waals surface area contributed by atoms with E-state index in [9.17, 15) is 9.59 Å². The Kier molecular flexibility index (Phi) is 6.17. The Balaban J connectivity index is 2.58. The minimum atomic E-state index is -0.919. The molecule has 0 unspecified atom stereocenters. The summed E-state index contributed by atoms with van der Waals surface area (Å²) in [6, 6.07) is 0. The van der Waals surface area contributed by atoms with Gasteiger partial charge >= 0.3 is 12.1 Å². The zero-order chi connectivity index (χ0) is 16.0. The molecule has 0 spiro atoms. The highest BCUT2D eigenvalue weighted by Crippen LogP contribution is 2.28. The van der Waals surface area contributed by atoms with Gasteiger partial charge in [0.15, 0.2) is 11.9 Å². The second-order valence-corrected chi connectivity index (χ2v) is 5.35. The van der Waals surface area contributed by atoms with Crippen molar-refractivity contribution in [3.05, 3.63) is 12.7 Å². The summed E-state index contributed by atoms with van der Waals surface area (Å²) in [5, 5.41) is 2.51. The number of nitrogens with one attached hydrogen (secondary N) is 1. The van der Waals surface area contributed by atoms with Gasteiger partial charge in [0.05, 0.1) is 12.6 Å². The van der Waals surface area contributed by atoms with Gasteiger partial charge in [-0.15, -0.1) is 0 Å². The lowest BCUT2D eigenvalue weighted by molar-refractivity contribution is -0.173. The predicted octanol–water partition coefficient (Wildman–Crippen LogP) is 1.37. The molecule has 0 aromatic heterocycles. The molecular formula is C14H23NO6. The van der Waals surface area contributed by atoms with Crippen LogP contribution in [0.4, 0.5) is 4.79 Å². The van der Waals surface area contributed by atoms with Gasteiger partial charge in [-0.25, -0.2) is 9.59 Å². The van der Waals surface area contributed by atoms with E-state index < -0.39 is 30.1 Å². The van der Waals surface area contributed by atoms with Crippen LogP contribution < -0.4 is 5.32 Å². The number of carbonyl (C=O) groups excluding carboxylic acids is 2. The first-order chi connectivity index (χ1) is 9.75. The second-order valence-electron chi connectivity index (χ2n) is 5.35. The maximum atomic E-state index is 12.0. The third-order valence-corrected chi connectivity index (χ3v) is 2.55. The molecule has 0 aromatic rings. The van der Waals surface area contributed by atoms with Crippen LogP contribution in [0.15, 0.2) is 12.7 Å². The van der Waals surface area contributed by atoms with Gasteiger partial charge in [-0.05, 0) is 27.7 Å². The Morgan fingerprint density at radius 2 is 2.05 bits per heavy atom. The lowest BCUT2D eigenvalue weighted by Gasteiger charge is -2.17. The molecule has 1 fully saturated rings. The van der Waals surface area contributed by atoms with Crippen LogP contribution in [0.5, 0.6) is 0 Å². The van der Waals surface area contributed by atoms with Gasteiger partial charge in [-0.2, -0.15) is 0 Å². The van der Waals surface area contributed by atoms with Crippen LogP contribution in [0.1, 0.15) is 27.7 Å². The molecule has 1 N–H and O–H groups in total. The number of hydrogen-bond donors (Lipinski definition) is 1. The molecule has 0 aliphatic carbocycles. The quantitative estimate of drug-likeness (QED) is 0.589. The van der Waals surface area contributed by atoms with Crippen LogP contribution >= 0.6 is 0 Å². The van der Waals surface area contributed by atoms with Crippen LogP contribution in [-0.4, -0.2) is 49.3 Å². The summed E-state index contributed by atoms with van der Waals surface area (Å²) < 4.78 is 21.0. The molecule has 7 nitrogen and oxygen atoms in total. The molecule has 0 saturated carbocycles. The van der Waals surface area contributed by atoms with Crippen molar-refractivity contribution in [2.45, 2.75) is 51.8 Å². The van der Waals surface area contributed by atoms with Gasteiger partial charge < -0.3 is 24.3 Å². The van der Waals surface area contributed by atoms with E-state index in [1.807, 2.05) is 0 Å². The number of alkyl carbamates (subject to hydrolysis) is 1. The number of rotatable bonds is 6. The van der Waals surface area contributed by atoms with Gasteiger partial charge in [0.25, 0.3) is 0 Å². The number of ether oxygens (including phenoxy) is 4. The fourth-order valence-corrected chi connectivity index (χ4v) is 1.85. The van der Waals surface area contributed by atoms with E-state index in [2.05, 4.69) is 11.9 Å². The van der Waals surface area contributed by atoms with Gasteiger partial charge in [0.2, 0.25) is 0 Å². The van der Waals surface area contributed by atoms with Crippen molar-refractivity contribution in [3.8, 4) is 0 Å². The average molecular weight is 301 g/mol. The molecule has 21 heavy (non-hydrogen) atoms. The first kappa shape index (κ1) is 17.5. The van der Waals surface area contributed by atoms with Gasteiger partial charge in [0, 0.05) is 0 Å². The van der Waals surface area contributed by atoms with Crippen molar-refractivity contribution < 1.29 is 28.5 Å². The fourth-order valence-electron chi connectivity index (χ4n) is 1.85. The Labute approximate surface area is 124 Å². The van der Waals surface area contributed by atoms with Crippen LogP contribution in [0, 0.1) is 0 Å². The smallest absolute Gasteiger partial charge is 0.407 e. The first-order valence-corrected chi connectivity index (χ1v) is 6.83. The van der Waals surface area contributed by atoms with E-state index >= 15 is 0 Å². The van der Waals surface area contributed by atoms with Crippen LogP contribution in [0.25, 0.3) is 0 Å². The summed E-state index contributed by atoms with van der Waals surface area (Å²) >= 11 is 0. The van der Waals surface area contributed by atoms with Gasteiger partial charge in [0.1, 0.15) is 12.7 Å². The fraction of sp³-hybridized carbons (Fsp3) is 0.714. The van der Waals surface area contributed by atoms with E-state index in [0.29, 0.717) is 0 Å². The summed E-state index contributed by atoms with van der Waals surface area (Å²) in [6.07, 6.45) is -0.930. The van der Waals surface area contributed by atoms with Crippen molar-refractivity contribution in [1.29, 1.82) is 0 Å². The third-order valence-electron chi connectivity index (χ3n) is 2.55. The SMILES string of the molecule is C=CCOC(=O)NC[C@@H]1OC(C)(C)O[C@H]1C(=O)OC(C)C. The van der Waals surface area contributed by atoms with Gasteiger partial charge in [-0.3, -0.25) is 0 Å². The number of hydrogen-bond acceptors (Lipinski definition) is 6. The highest BCUT2D eigenvalue weighted by atomic mass is 16.8. The lowest BCUT2D eigenvalue weighted by Crippen LogP contribution is -2.42. The maximum Gasteiger partial charge on any atom is 0.407 e. The predicted molar refractivity (Wildman–Crippen MR) is 74.6 cm³/mol. The Hall–Kier alpha value is -1.60. The van der Waals surface area contributed by atoms with Gasteiger partial charge in [-0.1, -0.05) is 12.7 Å². The Morgan fingerprint density at radius 3 is 2.62 bits per heavy atom. The molecule has 1 rings (SSSR count). The van der Waals surface area contributed by atoms with E-state index in [-0.39, 0.29) is 19.3 Å². The van der Waals surface area contributed by atoms with Crippen molar-refractivity contribution in [2.75, 3.05) is 13.2 Å². The third kappa shape index (κ3) is 5.73. The molecule has 0 bridgehead atoms. The van der Waals surface area contributed by atoms with Crippen molar-refractivity contribution in [3.63, 3.8) is 0 Å². The zero-order valence-electron chi connectivity index (χ0n) is 12.9. The molecule has 2 atom stereocenters. The minimum absolute atomic E-state index is 0.0806. The van der Waals surface area contributed by atoms with E-state index in [0.717, 1.165) is 0 Å². The largest absolute Gasteiger partial charge is 0.461 e. The highest BCUT2D eigenvalue weighted by molar-refractivity contribution is 5.76. The molecule has 7 heteroatoms. The molecule has 120 valence electrons. The molecule has 0 radical (unpaired) electrons. The van der Waals surface area contributed by atoms with Crippen LogP contribution in [0.3, 0.4) is 0 Å². The van der Waals surface area contributed by atoms with E-state index in [1.54, 1.807) is 27.7 Å². The summed E-state index contributed by atoms with van der Waals surface area (Å²) in [5.41, 5.74) is 0. The Morgan fingerprint density at radius 1 is 1.38 bits per heavy atom. The van der Waals surface area contributed by atoms with Crippen LogP contribution in [-0.2, 0) is 23.7 Å². The molecule has 1 aliphatic rings. The zero-order valence-corrected chi connectivity index (χ0v) is 12.9. The van der Waals surface area contributed by atoms with Crippen molar-refractivity contribution in [1.82, 2.24) is 5.32 Å². The monoisotopic (exact) mass is 301 g/mol. The molecule has 1 saturated heterocycles.